The van der Waals surface area contributed by atoms with Crippen LogP contribution in [0.25, 0.3) is 0 Å². The number of benzene rings is 1. The molecule has 0 saturated carbocycles. The summed E-state index contributed by atoms with van der Waals surface area (Å²) in [6.45, 7) is 4.23. The van der Waals surface area contributed by atoms with Crippen molar-refractivity contribution in [2.45, 2.75) is 11.8 Å². The Morgan fingerprint density at radius 2 is 2.00 bits per heavy atom. The summed E-state index contributed by atoms with van der Waals surface area (Å²) in [6.07, 6.45) is 0. The third kappa shape index (κ3) is 4.03. The van der Waals surface area contributed by atoms with E-state index in [1.54, 1.807) is 7.11 Å². The van der Waals surface area contributed by atoms with Gasteiger partial charge in [0.15, 0.2) is 0 Å². The van der Waals surface area contributed by atoms with Crippen molar-refractivity contribution in [1.29, 1.82) is 0 Å². The smallest absolute Gasteiger partial charge is 0.118 e. The monoisotopic (exact) mass is 211 g/mol. The van der Waals surface area contributed by atoms with Crippen LogP contribution >= 0.6 is 11.8 Å². The highest BCUT2D eigenvalue weighted by Gasteiger charge is 1.94. The number of nitrogens with one attached hydrogen (secondary N) is 1. The Morgan fingerprint density at radius 1 is 1.29 bits per heavy atom. The molecule has 14 heavy (non-hydrogen) atoms. The van der Waals surface area contributed by atoms with E-state index in [-0.39, 0.29) is 0 Å². The molecule has 0 spiro atoms. The lowest BCUT2D eigenvalue weighted by atomic mass is 10.3. The molecule has 0 bridgehead atoms. The minimum atomic E-state index is 0.918. The van der Waals surface area contributed by atoms with E-state index in [0.717, 1.165) is 24.6 Å². The lowest BCUT2D eigenvalue weighted by Gasteiger charge is -2.03. The molecule has 0 amide bonds. The Morgan fingerprint density at radius 3 is 2.57 bits per heavy atom. The third-order valence-corrected chi connectivity index (χ3v) is 2.87. The standard InChI is InChI=1S/C11H17NOS/c1-3-12-8-9-14-11-6-4-10(13-2)5-7-11/h4-7,12H,3,8-9H2,1-2H3. The van der Waals surface area contributed by atoms with Crippen molar-refractivity contribution in [3.63, 3.8) is 0 Å². The Hall–Kier alpha value is -0.670. The number of methoxy groups -OCH3 is 1. The normalized spacial score (nSPS) is 10.1. The van der Waals surface area contributed by atoms with Crippen LogP contribution in [0.2, 0.25) is 0 Å². The first kappa shape index (κ1) is 11.4. The van der Waals surface area contributed by atoms with Gasteiger partial charge in [0.25, 0.3) is 0 Å². The molecule has 0 unspecified atom stereocenters. The van der Waals surface area contributed by atoms with E-state index in [4.69, 9.17) is 4.74 Å². The van der Waals surface area contributed by atoms with Crippen LogP contribution in [-0.4, -0.2) is 26.0 Å². The highest BCUT2D eigenvalue weighted by molar-refractivity contribution is 7.99. The van der Waals surface area contributed by atoms with E-state index < -0.39 is 0 Å². The van der Waals surface area contributed by atoms with Gasteiger partial charge in [-0.1, -0.05) is 6.92 Å². The molecule has 1 aromatic carbocycles. The lowest BCUT2D eigenvalue weighted by molar-refractivity contribution is 0.414. The van der Waals surface area contributed by atoms with Crippen LogP contribution in [0, 0.1) is 0 Å². The average molecular weight is 211 g/mol. The molecule has 0 fully saturated rings. The fraction of sp³-hybridized carbons (Fsp3) is 0.455. The number of ether oxygens (including phenoxy) is 1. The quantitative estimate of drug-likeness (QED) is 0.576. The summed E-state index contributed by atoms with van der Waals surface area (Å²) in [5, 5.41) is 3.30. The second kappa shape index (κ2) is 6.74. The van der Waals surface area contributed by atoms with E-state index >= 15 is 0 Å². The molecule has 0 aliphatic rings. The van der Waals surface area contributed by atoms with Crippen LogP contribution in [0.5, 0.6) is 5.75 Å². The molecule has 1 rings (SSSR count). The molecule has 0 radical (unpaired) electrons. The molecule has 3 heteroatoms. The molecule has 0 aromatic heterocycles. The van der Waals surface area contributed by atoms with Gasteiger partial charge >= 0.3 is 0 Å². The van der Waals surface area contributed by atoms with Crippen LogP contribution in [0.3, 0.4) is 0 Å². The Bertz CT molecular complexity index is 248. The third-order valence-electron chi connectivity index (χ3n) is 1.86. The first-order valence-corrected chi connectivity index (χ1v) is 5.83. The van der Waals surface area contributed by atoms with E-state index in [2.05, 4.69) is 24.4 Å². The largest absolute Gasteiger partial charge is 0.497 e. The van der Waals surface area contributed by atoms with Gasteiger partial charge in [-0.3, -0.25) is 0 Å². The highest BCUT2D eigenvalue weighted by Crippen LogP contribution is 2.20. The zero-order chi connectivity index (χ0) is 10.2. The Labute approximate surface area is 90.0 Å². The lowest BCUT2D eigenvalue weighted by Crippen LogP contribution is -2.15. The number of hydrogen-bond acceptors (Lipinski definition) is 3. The van der Waals surface area contributed by atoms with Crippen molar-refractivity contribution in [1.82, 2.24) is 5.32 Å². The van der Waals surface area contributed by atoms with Gasteiger partial charge in [0.05, 0.1) is 7.11 Å². The summed E-state index contributed by atoms with van der Waals surface area (Å²) in [5.41, 5.74) is 0. The summed E-state index contributed by atoms with van der Waals surface area (Å²) in [6, 6.07) is 8.18. The van der Waals surface area contributed by atoms with Crippen molar-refractivity contribution >= 4 is 11.8 Å². The Kier molecular flexibility index (Phi) is 5.49. The molecular weight excluding hydrogens is 194 g/mol. The fourth-order valence-electron chi connectivity index (χ4n) is 1.09. The van der Waals surface area contributed by atoms with Gasteiger partial charge in [-0.15, -0.1) is 11.8 Å². The molecule has 0 atom stereocenters. The van der Waals surface area contributed by atoms with Crippen LogP contribution in [0.4, 0.5) is 0 Å². The minimum Gasteiger partial charge on any atom is -0.497 e. The van der Waals surface area contributed by atoms with E-state index in [1.807, 2.05) is 23.9 Å². The summed E-state index contributed by atoms with van der Waals surface area (Å²) in [7, 11) is 1.69. The second-order valence-electron chi connectivity index (χ2n) is 2.88. The van der Waals surface area contributed by atoms with Gasteiger partial charge in [0.2, 0.25) is 0 Å². The number of rotatable bonds is 6. The van der Waals surface area contributed by atoms with Gasteiger partial charge in [0.1, 0.15) is 5.75 Å². The number of thioether (sulfide) groups is 1. The van der Waals surface area contributed by atoms with Gasteiger partial charge < -0.3 is 10.1 Å². The average Bonchev–Trinajstić information content (AvgIpc) is 2.25. The van der Waals surface area contributed by atoms with Crippen molar-refractivity contribution in [3.8, 4) is 5.75 Å². The fourth-order valence-corrected chi connectivity index (χ4v) is 1.90. The maximum absolute atomic E-state index is 5.09. The van der Waals surface area contributed by atoms with Gasteiger partial charge in [-0.25, -0.2) is 0 Å². The molecule has 0 saturated heterocycles. The predicted octanol–water partition coefficient (Wildman–Crippen LogP) is 2.40. The molecule has 1 aromatic rings. The highest BCUT2D eigenvalue weighted by atomic mass is 32.2. The van der Waals surface area contributed by atoms with Crippen LogP contribution in [0.15, 0.2) is 29.2 Å². The van der Waals surface area contributed by atoms with Gasteiger partial charge in [-0.2, -0.15) is 0 Å². The van der Waals surface area contributed by atoms with E-state index in [0.29, 0.717) is 0 Å². The molecule has 0 aliphatic carbocycles. The SMILES string of the molecule is CCNCCSc1ccc(OC)cc1. The summed E-state index contributed by atoms with van der Waals surface area (Å²) in [4.78, 5) is 1.30. The van der Waals surface area contributed by atoms with Crippen LogP contribution < -0.4 is 10.1 Å². The van der Waals surface area contributed by atoms with Crippen LogP contribution in [-0.2, 0) is 0 Å². The molecule has 2 nitrogen and oxygen atoms in total. The molecule has 78 valence electrons. The first-order chi connectivity index (χ1) is 6.86. The molecular formula is C11H17NOS. The van der Waals surface area contributed by atoms with Gasteiger partial charge in [-0.05, 0) is 30.8 Å². The molecule has 0 aliphatic heterocycles. The minimum absolute atomic E-state index is 0.918. The maximum atomic E-state index is 5.09. The Balaban J connectivity index is 2.29. The van der Waals surface area contributed by atoms with Crippen molar-refractivity contribution in [2.24, 2.45) is 0 Å². The van der Waals surface area contributed by atoms with E-state index in [9.17, 15) is 0 Å². The van der Waals surface area contributed by atoms with Gasteiger partial charge in [0, 0.05) is 17.2 Å². The second-order valence-corrected chi connectivity index (χ2v) is 4.05. The van der Waals surface area contributed by atoms with Crippen molar-refractivity contribution in [3.05, 3.63) is 24.3 Å². The van der Waals surface area contributed by atoms with E-state index in [1.165, 1.54) is 4.90 Å². The summed E-state index contributed by atoms with van der Waals surface area (Å²) >= 11 is 1.86. The zero-order valence-corrected chi connectivity index (χ0v) is 9.56. The van der Waals surface area contributed by atoms with Crippen molar-refractivity contribution < 1.29 is 4.74 Å². The topological polar surface area (TPSA) is 21.3 Å². The zero-order valence-electron chi connectivity index (χ0n) is 8.75. The first-order valence-electron chi connectivity index (χ1n) is 4.84. The maximum Gasteiger partial charge on any atom is 0.118 e. The predicted molar refractivity (Wildman–Crippen MR) is 62.3 cm³/mol. The van der Waals surface area contributed by atoms with Crippen molar-refractivity contribution in [2.75, 3.05) is 26.0 Å². The summed E-state index contributed by atoms with van der Waals surface area (Å²) < 4.78 is 5.09. The number of hydrogen-bond donors (Lipinski definition) is 1. The van der Waals surface area contributed by atoms with Crippen LogP contribution in [0.1, 0.15) is 6.92 Å². The molecule has 1 N–H and O–H groups in total. The molecule has 0 heterocycles. The summed E-state index contributed by atoms with van der Waals surface area (Å²) in [5.74, 6) is 2.03.